The second-order valence-electron chi connectivity index (χ2n) is 5.85. The first-order valence-electron chi connectivity index (χ1n) is 7.37. The Labute approximate surface area is 117 Å². The third-order valence-electron chi connectivity index (χ3n) is 4.18. The lowest BCUT2D eigenvalue weighted by molar-refractivity contribution is 0.203. The monoisotopic (exact) mass is 261 g/mol. The lowest BCUT2D eigenvalue weighted by atomic mass is 9.95. The Morgan fingerprint density at radius 1 is 1.42 bits per heavy atom. The topological polar surface area (TPSA) is 32.5 Å². The molecule has 0 spiro atoms. The highest BCUT2D eigenvalue weighted by Crippen LogP contribution is 2.21. The van der Waals surface area contributed by atoms with E-state index in [1.807, 2.05) is 0 Å². The van der Waals surface area contributed by atoms with Crippen molar-refractivity contribution in [2.75, 3.05) is 38.6 Å². The van der Waals surface area contributed by atoms with Crippen LogP contribution in [0.4, 0.5) is 5.69 Å². The van der Waals surface area contributed by atoms with Crippen LogP contribution in [0.25, 0.3) is 0 Å². The number of benzene rings is 1. The van der Waals surface area contributed by atoms with Crippen molar-refractivity contribution in [2.24, 2.45) is 11.7 Å². The molecule has 1 aromatic rings. The van der Waals surface area contributed by atoms with Crippen LogP contribution in [0.1, 0.15) is 24.8 Å². The summed E-state index contributed by atoms with van der Waals surface area (Å²) in [4.78, 5) is 4.82. The van der Waals surface area contributed by atoms with Crippen LogP contribution in [-0.2, 0) is 6.54 Å². The first kappa shape index (κ1) is 14.4. The predicted molar refractivity (Wildman–Crippen MR) is 82.4 cm³/mol. The van der Waals surface area contributed by atoms with Crippen LogP contribution in [0.5, 0.6) is 0 Å². The molecule has 1 unspecified atom stereocenters. The Balaban J connectivity index is 1.84. The van der Waals surface area contributed by atoms with Crippen molar-refractivity contribution < 1.29 is 0 Å². The Morgan fingerprint density at radius 2 is 2.26 bits per heavy atom. The zero-order valence-corrected chi connectivity index (χ0v) is 12.3. The molecule has 1 aromatic carbocycles. The maximum Gasteiger partial charge on any atom is 0.0366 e. The fourth-order valence-electron chi connectivity index (χ4n) is 2.94. The van der Waals surface area contributed by atoms with E-state index in [1.54, 1.807) is 0 Å². The molecule has 1 heterocycles. The van der Waals surface area contributed by atoms with E-state index in [0.717, 1.165) is 12.5 Å². The quantitative estimate of drug-likeness (QED) is 0.883. The molecule has 0 radical (unpaired) electrons. The lowest BCUT2D eigenvalue weighted by Gasteiger charge is -2.31. The van der Waals surface area contributed by atoms with Crippen LogP contribution in [0.15, 0.2) is 24.3 Å². The van der Waals surface area contributed by atoms with Gasteiger partial charge in [-0.05, 0) is 56.5 Å². The Kier molecular flexibility index (Phi) is 5.23. The molecule has 0 aromatic heterocycles. The van der Waals surface area contributed by atoms with Gasteiger partial charge in [0, 0.05) is 32.4 Å². The molecule has 1 saturated heterocycles. The van der Waals surface area contributed by atoms with Crippen LogP contribution in [0.3, 0.4) is 0 Å². The summed E-state index contributed by atoms with van der Waals surface area (Å²) in [6.07, 6.45) is 4.03. The molecular weight excluding hydrogens is 234 g/mol. The third kappa shape index (κ3) is 4.22. The Morgan fingerprint density at radius 3 is 3.00 bits per heavy atom. The van der Waals surface area contributed by atoms with E-state index in [2.05, 4.69) is 48.2 Å². The van der Waals surface area contributed by atoms with Crippen LogP contribution < -0.4 is 10.6 Å². The minimum Gasteiger partial charge on any atom is -0.375 e. The minimum atomic E-state index is 0.620. The summed E-state index contributed by atoms with van der Waals surface area (Å²) in [6.45, 7) is 4.28. The normalized spacial score (nSPS) is 20.5. The maximum absolute atomic E-state index is 5.70. The Bertz CT molecular complexity index is 391. The van der Waals surface area contributed by atoms with Crippen molar-refractivity contribution in [3.63, 3.8) is 0 Å². The minimum absolute atomic E-state index is 0.620. The van der Waals surface area contributed by atoms with E-state index in [4.69, 9.17) is 5.73 Å². The third-order valence-corrected chi connectivity index (χ3v) is 4.18. The maximum atomic E-state index is 5.70. The van der Waals surface area contributed by atoms with Gasteiger partial charge in [-0.15, -0.1) is 0 Å². The van der Waals surface area contributed by atoms with Gasteiger partial charge in [0.2, 0.25) is 0 Å². The van der Waals surface area contributed by atoms with Crippen LogP contribution in [0, 0.1) is 5.92 Å². The van der Waals surface area contributed by atoms with Gasteiger partial charge in [-0.25, -0.2) is 0 Å². The van der Waals surface area contributed by atoms with Crippen molar-refractivity contribution >= 4 is 5.69 Å². The van der Waals surface area contributed by atoms with Crippen molar-refractivity contribution in [3.05, 3.63) is 29.8 Å². The van der Waals surface area contributed by atoms with Crippen molar-refractivity contribution in [2.45, 2.75) is 25.8 Å². The second-order valence-corrected chi connectivity index (χ2v) is 5.85. The summed E-state index contributed by atoms with van der Waals surface area (Å²) >= 11 is 0. The molecule has 2 rings (SSSR count). The number of nitrogens with two attached hydrogens (primary N) is 1. The highest BCUT2D eigenvalue weighted by Gasteiger charge is 2.17. The number of piperidine rings is 1. The van der Waals surface area contributed by atoms with Crippen LogP contribution in [0.2, 0.25) is 0 Å². The van der Waals surface area contributed by atoms with Gasteiger partial charge in [-0.2, -0.15) is 0 Å². The van der Waals surface area contributed by atoms with Gasteiger partial charge >= 0.3 is 0 Å². The number of hydrogen-bond donors (Lipinski definition) is 1. The molecule has 0 aliphatic carbocycles. The summed E-state index contributed by atoms with van der Waals surface area (Å²) in [5, 5.41) is 0. The average molecular weight is 261 g/mol. The predicted octanol–water partition coefficient (Wildman–Crippen LogP) is 2.31. The van der Waals surface area contributed by atoms with Crippen molar-refractivity contribution in [3.8, 4) is 0 Å². The van der Waals surface area contributed by atoms with Gasteiger partial charge in [-0.1, -0.05) is 12.1 Å². The number of likely N-dealkylation sites (tertiary alicyclic amines) is 1. The second kappa shape index (κ2) is 6.92. The van der Waals surface area contributed by atoms with Crippen LogP contribution >= 0.6 is 0 Å². The highest BCUT2D eigenvalue weighted by atomic mass is 15.1. The molecule has 0 saturated carbocycles. The Hall–Kier alpha value is -1.06. The first-order valence-corrected chi connectivity index (χ1v) is 7.37. The summed E-state index contributed by atoms with van der Waals surface area (Å²) in [7, 11) is 4.42. The van der Waals surface area contributed by atoms with Crippen molar-refractivity contribution in [1.82, 2.24) is 4.90 Å². The number of hydrogen-bond acceptors (Lipinski definition) is 3. The first-order chi connectivity index (χ1) is 9.19. The molecule has 1 fully saturated rings. The lowest BCUT2D eigenvalue weighted by Crippen LogP contribution is -2.34. The molecule has 106 valence electrons. The van der Waals surface area contributed by atoms with E-state index in [0.29, 0.717) is 6.54 Å². The van der Waals surface area contributed by atoms with Gasteiger partial charge in [-0.3, -0.25) is 0 Å². The zero-order chi connectivity index (χ0) is 13.7. The van der Waals surface area contributed by atoms with E-state index in [-0.39, 0.29) is 0 Å². The van der Waals surface area contributed by atoms with Gasteiger partial charge in [0.05, 0.1) is 0 Å². The molecule has 3 heteroatoms. The summed E-state index contributed by atoms with van der Waals surface area (Å²) in [6, 6.07) is 8.56. The number of nitrogens with zero attached hydrogens (tertiary/aromatic N) is 2. The van der Waals surface area contributed by atoms with Gasteiger partial charge in [0.15, 0.2) is 0 Å². The number of anilines is 1. The average Bonchev–Trinajstić information content (AvgIpc) is 2.45. The van der Waals surface area contributed by atoms with E-state index >= 15 is 0 Å². The molecule has 1 atom stereocenters. The van der Waals surface area contributed by atoms with E-state index < -0.39 is 0 Å². The fourth-order valence-corrected chi connectivity index (χ4v) is 2.94. The molecule has 0 amide bonds. The standard InChI is InChI=1S/C16H27N3/c1-18-9-4-6-14(13-18)8-10-19(2)16-7-3-5-15(11-16)12-17/h3,5,7,11,14H,4,6,8-10,12-13,17H2,1-2H3. The SMILES string of the molecule is CN1CCCC(CCN(C)c2cccc(CN)c2)C1. The molecular formula is C16H27N3. The van der Waals surface area contributed by atoms with Gasteiger partial charge in [0.1, 0.15) is 0 Å². The van der Waals surface area contributed by atoms with E-state index in [1.165, 1.54) is 43.6 Å². The van der Waals surface area contributed by atoms with Gasteiger partial charge in [0.25, 0.3) is 0 Å². The van der Waals surface area contributed by atoms with E-state index in [9.17, 15) is 0 Å². The fraction of sp³-hybridized carbons (Fsp3) is 0.625. The molecule has 1 aliphatic heterocycles. The van der Waals surface area contributed by atoms with Crippen LogP contribution in [-0.4, -0.2) is 38.6 Å². The molecule has 19 heavy (non-hydrogen) atoms. The molecule has 3 nitrogen and oxygen atoms in total. The zero-order valence-electron chi connectivity index (χ0n) is 12.3. The molecule has 1 aliphatic rings. The summed E-state index contributed by atoms with van der Waals surface area (Å²) in [5.41, 5.74) is 8.20. The summed E-state index contributed by atoms with van der Waals surface area (Å²) < 4.78 is 0. The highest BCUT2D eigenvalue weighted by molar-refractivity contribution is 5.47. The van der Waals surface area contributed by atoms with Crippen molar-refractivity contribution in [1.29, 1.82) is 0 Å². The largest absolute Gasteiger partial charge is 0.375 e. The summed E-state index contributed by atoms with van der Waals surface area (Å²) in [5.74, 6) is 0.860. The smallest absolute Gasteiger partial charge is 0.0366 e. The number of rotatable bonds is 5. The molecule has 0 bridgehead atoms. The molecule has 2 N–H and O–H groups in total. The van der Waals surface area contributed by atoms with Gasteiger partial charge < -0.3 is 15.5 Å².